The van der Waals surface area contributed by atoms with E-state index in [1.54, 1.807) is 28.4 Å². The fraction of sp³-hybridized carbons (Fsp3) is 0.409. The number of fused-ring (bicyclic) bond motifs is 1. The summed E-state index contributed by atoms with van der Waals surface area (Å²) in [6.07, 6.45) is 2.39. The minimum absolute atomic E-state index is 0.0239. The first-order chi connectivity index (χ1) is 14.0. The molecule has 154 valence electrons. The molecule has 7 heteroatoms. The summed E-state index contributed by atoms with van der Waals surface area (Å²) in [4.78, 5) is 14.9. The molecule has 0 radical (unpaired) electrons. The van der Waals surface area contributed by atoms with Gasteiger partial charge in [-0.2, -0.15) is 4.31 Å². The largest absolute Gasteiger partial charge is 0.383 e. The summed E-state index contributed by atoms with van der Waals surface area (Å²) in [5, 5.41) is 0. The Hall–Kier alpha value is -2.22. The molecule has 2 aromatic carbocycles. The Morgan fingerprint density at radius 3 is 2.66 bits per heavy atom. The van der Waals surface area contributed by atoms with E-state index in [4.69, 9.17) is 4.74 Å². The molecule has 0 saturated carbocycles. The summed E-state index contributed by atoms with van der Waals surface area (Å²) in [6, 6.07) is 14.4. The van der Waals surface area contributed by atoms with E-state index < -0.39 is 10.0 Å². The van der Waals surface area contributed by atoms with Crippen LogP contribution in [0.2, 0.25) is 0 Å². The van der Waals surface area contributed by atoms with Crippen molar-refractivity contribution in [2.75, 3.05) is 26.8 Å². The van der Waals surface area contributed by atoms with E-state index in [9.17, 15) is 13.2 Å². The second-order valence-electron chi connectivity index (χ2n) is 7.64. The SMILES string of the molecule is COC[C@@H]1CCCN1S(=O)(=O)c1ccc2c(c1)CN(C(=O)c1ccccc1)CC2. The van der Waals surface area contributed by atoms with E-state index in [1.807, 2.05) is 36.4 Å². The minimum Gasteiger partial charge on any atom is -0.383 e. The molecule has 1 atom stereocenters. The van der Waals surface area contributed by atoms with Gasteiger partial charge in [-0.15, -0.1) is 0 Å². The van der Waals surface area contributed by atoms with Crippen molar-refractivity contribution in [2.45, 2.75) is 36.7 Å². The average Bonchev–Trinajstić information content (AvgIpc) is 3.22. The predicted molar refractivity (Wildman–Crippen MR) is 110 cm³/mol. The Morgan fingerprint density at radius 2 is 1.90 bits per heavy atom. The zero-order valence-electron chi connectivity index (χ0n) is 16.6. The van der Waals surface area contributed by atoms with Crippen LogP contribution in [0.4, 0.5) is 0 Å². The van der Waals surface area contributed by atoms with Gasteiger partial charge in [0.2, 0.25) is 10.0 Å². The lowest BCUT2D eigenvalue weighted by Crippen LogP contribution is -2.38. The number of methoxy groups -OCH3 is 1. The summed E-state index contributed by atoms with van der Waals surface area (Å²) < 4.78 is 33.2. The van der Waals surface area contributed by atoms with Crippen LogP contribution < -0.4 is 0 Å². The van der Waals surface area contributed by atoms with E-state index in [1.165, 1.54) is 0 Å². The molecule has 4 rings (SSSR count). The molecule has 0 aliphatic carbocycles. The van der Waals surface area contributed by atoms with Crippen molar-refractivity contribution in [1.29, 1.82) is 0 Å². The average molecular weight is 415 g/mol. The number of rotatable bonds is 5. The van der Waals surface area contributed by atoms with Gasteiger partial charge in [0.1, 0.15) is 0 Å². The van der Waals surface area contributed by atoms with Gasteiger partial charge in [-0.1, -0.05) is 24.3 Å². The number of carbonyl (C=O) groups is 1. The molecule has 0 bridgehead atoms. The second kappa shape index (κ2) is 8.26. The molecule has 29 heavy (non-hydrogen) atoms. The van der Waals surface area contributed by atoms with Gasteiger partial charge in [-0.05, 0) is 54.7 Å². The minimum atomic E-state index is -3.58. The van der Waals surface area contributed by atoms with Crippen molar-refractivity contribution in [3.8, 4) is 0 Å². The monoisotopic (exact) mass is 414 g/mol. The number of nitrogens with zero attached hydrogens (tertiary/aromatic N) is 2. The first kappa shape index (κ1) is 20.1. The van der Waals surface area contributed by atoms with E-state index in [0.29, 0.717) is 36.7 Å². The molecular formula is C22H26N2O4S. The highest BCUT2D eigenvalue weighted by atomic mass is 32.2. The van der Waals surface area contributed by atoms with E-state index in [-0.39, 0.29) is 11.9 Å². The highest BCUT2D eigenvalue weighted by molar-refractivity contribution is 7.89. The van der Waals surface area contributed by atoms with Crippen LogP contribution in [0.5, 0.6) is 0 Å². The number of sulfonamides is 1. The maximum absolute atomic E-state index is 13.2. The molecule has 2 aliphatic heterocycles. The summed E-state index contributed by atoms with van der Waals surface area (Å²) in [7, 11) is -1.99. The highest BCUT2D eigenvalue weighted by Crippen LogP contribution is 2.29. The highest BCUT2D eigenvalue weighted by Gasteiger charge is 2.35. The van der Waals surface area contributed by atoms with Gasteiger partial charge < -0.3 is 9.64 Å². The molecule has 6 nitrogen and oxygen atoms in total. The zero-order valence-corrected chi connectivity index (χ0v) is 17.4. The maximum atomic E-state index is 13.2. The zero-order chi connectivity index (χ0) is 20.4. The molecule has 0 aromatic heterocycles. The quantitative estimate of drug-likeness (QED) is 0.755. The van der Waals surface area contributed by atoms with Crippen molar-refractivity contribution in [3.05, 3.63) is 65.2 Å². The Balaban J connectivity index is 1.58. The van der Waals surface area contributed by atoms with E-state index in [0.717, 1.165) is 30.4 Å². The van der Waals surface area contributed by atoms with Crippen LogP contribution >= 0.6 is 0 Å². The van der Waals surface area contributed by atoms with Gasteiger partial charge in [-0.3, -0.25) is 4.79 Å². The van der Waals surface area contributed by atoms with Crippen LogP contribution in [0.1, 0.15) is 34.3 Å². The lowest BCUT2D eigenvalue weighted by molar-refractivity contribution is 0.0734. The van der Waals surface area contributed by atoms with Gasteiger partial charge >= 0.3 is 0 Å². The fourth-order valence-electron chi connectivity index (χ4n) is 4.25. The number of benzene rings is 2. The number of hydrogen-bond acceptors (Lipinski definition) is 4. The smallest absolute Gasteiger partial charge is 0.254 e. The number of amides is 1. The Morgan fingerprint density at radius 1 is 1.10 bits per heavy atom. The van der Waals surface area contributed by atoms with Gasteiger partial charge in [0, 0.05) is 38.3 Å². The summed E-state index contributed by atoms with van der Waals surface area (Å²) in [5.74, 6) is -0.0239. The maximum Gasteiger partial charge on any atom is 0.254 e. The molecule has 2 heterocycles. The van der Waals surface area contributed by atoms with Crippen LogP contribution in [0.15, 0.2) is 53.4 Å². The van der Waals surface area contributed by atoms with Crippen LogP contribution in [0, 0.1) is 0 Å². The summed E-state index contributed by atoms with van der Waals surface area (Å²) in [5.41, 5.74) is 2.67. The van der Waals surface area contributed by atoms with Gasteiger partial charge in [-0.25, -0.2) is 8.42 Å². The third kappa shape index (κ3) is 3.95. The standard InChI is InChI=1S/C22H26N2O4S/c1-28-16-20-8-5-12-24(20)29(26,27)21-10-9-17-11-13-23(15-19(17)14-21)22(25)18-6-3-2-4-7-18/h2-4,6-7,9-10,14,20H,5,8,11-13,15-16H2,1H3/t20-/m0/s1. The molecule has 1 saturated heterocycles. The molecule has 1 amide bonds. The summed E-state index contributed by atoms with van der Waals surface area (Å²) >= 11 is 0. The number of carbonyl (C=O) groups excluding carboxylic acids is 1. The van der Waals surface area contributed by atoms with Crippen molar-refractivity contribution in [3.63, 3.8) is 0 Å². The third-order valence-corrected chi connectivity index (χ3v) is 7.73. The molecule has 0 N–H and O–H groups in total. The molecule has 0 unspecified atom stereocenters. The third-order valence-electron chi connectivity index (χ3n) is 5.79. The van der Waals surface area contributed by atoms with Gasteiger partial charge in [0.05, 0.1) is 11.5 Å². The Bertz CT molecular complexity index is 991. The topological polar surface area (TPSA) is 66.9 Å². The number of hydrogen-bond donors (Lipinski definition) is 0. The van der Waals surface area contributed by atoms with Crippen LogP contribution in [-0.4, -0.2) is 56.4 Å². The second-order valence-corrected chi connectivity index (χ2v) is 9.53. The lowest BCUT2D eigenvalue weighted by Gasteiger charge is -2.30. The molecular weight excluding hydrogens is 388 g/mol. The number of ether oxygens (including phenoxy) is 1. The Kier molecular flexibility index (Phi) is 5.72. The van der Waals surface area contributed by atoms with Crippen molar-refractivity contribution in [2.24, 2.45) is 0 Å². The molecule has 1 fully saturated rings. The predicted octanol–water partition coefficient (Wildman–Crippen LogP) is 2.68. The summed E-state index contributed by atoms with van der Waals surface area (Å²) in [6.45, 7) is 1.98. The van der Waals surface area contributed by atoms with Crippen molar-refractivity contribution < 1.29 is 17.9 Å². The fourth-order valence-corrected chi connectivity index (χ4v) is 5.98. The lowest BCUT2D eigenvalue weighted by atomic mass is 9.99. The normalized spacial score (nSPS) is 19.9. The molecule has 2 aromatic rings. The Labute approximate surface area is 172 Å². The van der Waals surface area contributed by atoms with Gasteiger partial charge in [0.25, 0.3) is 5.91 Å². The van der Waals surface area contributed by atoms with Crippen molar-refractivity contribution in [1.82, 2.24) is 9.21 Å². The van der Waals surface area contributed by atoms with Gasteiger partial charge in [0.15, 0.2) is 0 Å². The van der Waals surface area contributed by atoms with E-state index in [2.05, 4.69) is 0 Å². The van der Waals surface area contributed by atoms with E-state index >= 15 is 0 Å². The molecule has 2 aliphatic rings. The first-order valence-electron chi connectivity index (χ1n) is 9.97. The first-order valence-corrected chi connectivity index (χ1v) is 11.4. The van der Waals surface area contributed by atoms with Crippen LogP contribution in [0.25, 0.3) is 0 Å². The van der Waals surface area contributed by atoms with Crippen LogP contribution in [0.3, 0.4) is 0 Å². The van der Waals surface area contributed by atoms with Crippen LogP contribution in [-0.2, 0) is 27.7 Å². The molecule has 0 spiro atoms. The van der Waals surface area contributed by atoms with Crippen molar-refractivity contribution >= 4 is 15.9 Å².